The van der Waals surface area contributed by atoms with Gasteiger partial charge in [-0.3, -0.25) is 4.79 Å². The number of carbonyl (C=O) groups excluding carboxylic acids is 1. The molecule has 2 aromatic rings. The Kier molecular flexibility index (Phi) is 6.27. The molecule has 25 heavy (non-hydrogen) atoms. The lowest BCUT2D eigenvalue weighted by molar-refractivity contribution is -0.118. The molecule has 0 radical (unpaired) electrons. The number of hydrogen-bond acceptors (Lipinski definition) is 3. The molecule has 0 saturated heterocycles. The molecule has 0 saturated carbocycles. The third kappa shape index (κ3) is 5.16. The number of hydrogen-bond donors (Lipinski definition) is 1. The van der Waals surface area contributed by atoms with Crippen LogP contribution in [-0.4, -0.2) is 25.3 Å². The number of nitrogens with zero attached hydrogens (tertiary/aromatic N) is 1. The van der Waals surface area contributed by atoms with Gasteiger partial charge in [0.2, 0.25) is 5.91 Å². The SMILES string of the molecule is CN1CCCc2cc(CNC(=O)CSCc3ccc(Cl)cc3)ccc21. The van der Waals surface area contributed by atoms with Crippen LogP contribution in [-0.2, 0) is 23.5 Å². The van der Waals surface area contributed by atoms with Crippen LogP contribution in [0, 0.1) is 0 Å². The van der Waals surface area contributed by atoms with E-state index in [9.17, 15) is 4.79 Å². The van der Waals surface area contributed by atoms with E-state index in [2.05, 4.69) is 35.5 Å². The fraction of sp³-hybridized carbons (Fsp3) is 0.350. The first kappa shape index (κ1) is 18.2. The molecule has 0 spiro atoms. The first-order valence-electron chi connectivity index (χ1n) is 8.53. The van der Waals surface area contributed by atoms with Crippen molar-refractivity contribution in [3.05, 3.63) is 64.2 Å². The summed E-state index contributed by atoms with van der Waals surface area (Å²) in [5.41, 5.74) is 5.06. The maximum absolute atomic E-state index is 12.0. The van der Waals surface area contributed by atoms with Gasteiger partial charge < -0.3 is 10.2 Å². The highest BCUT2D eigenvalue weighted by atomic mass is 35.5. The Hall–Kier alpha value is -1.65. The summed E-state index contributed by atoms with van der Waals surface area (Å²) in [6, 6.07) is 14.3. The van der Waals surface area contributed by atoms with Crippen LogP contribution in [0.1, 0.15) is 23.1 Å². The first-order chi connectivity index (χ1) is 12.1. The van der Waals surface area contributed by atoms with Gasteiger partial charge in [0.05, 0.1) is 5.75 Å². The summed E-state index contributed by atoms with van der Waals surface area (Å²) >= 11 is 7.49. The van der Waals surface area contributed by atoms with E-state index >= 15 is 0 Å². The van der Waals surface area contributed by atoms with Gasteiger partial charge in [0, 0.05) is 36.6 Å². The third-order valence-corrected chi connectivity index (χ3v) is 5.66. The molecular weight excluding hydrogens is 352 g/mol. The average Bonchev–Trinajstić information content (AvgIpc) is 2.62. The molecule has 1 heterocycles. The Morgan fingerprint density at radius 2 is 1.96 bits per heavy atom. The minimum absolute atomic E-state index is 0.0776. The van der Waals surface area contributed by atoms with Gasteiger partial charge in [-0.1, -0.05) is 35.9 Å². The van der Waals surface area contributed by atoms with E-state index in [1.54, 1.807) is 11.8 Å². The number of benzene rings is 2. The summed E-state index contributed by atoms with van der Waals surface area (Å²) in [6.45, 7) is 1.71. The number of carbonyl (C=O) groups is 1. The lowest BCUT2D eigenvalue weighted by atomic mass is 9.99. The highest BCUT2D eigenvalue weighted by molar-refractivity contribution is 7.99. The zero-order valence-corrected chi connectivity index (χ0v) is 16.0. The van der Waals surface area contributed by atoms with E-state index in [1.807, 2.05) is 24.3 Å². The number of rotatable bonds is 6. The average molecular weight is 375 g/mol. The maximum Gasteiger partial charge on any atom is 0.230 e. The number of halogens is 1. The Bertz CT molecular complexity index is 733. The zero-order valence-electron chi connectivity index (χ0n) is 14.4. The number of nitrogens with one attached hydrogen (secondary N) is 1. The fourth-order valence-electron chi connectivity index (χ4n) is 3.04. The molecule has 1 amide bonds. The second-order valence-corrected chi connectivity index (χ2v) is 7.81. The minimum Gasteiger partial charge on any atom is -0.374 e. The van der Waals surface area contributed by atoms with Gasteiger partial charge >= 0.3 is 0 Å². The van der Waals surface area contributed by atoms with Gasteiger partial charge in [0.15, 0.2) is 0 Å². The van der Waals surface area contributed by atoms with E-state index in [0.717, 1.165) is 23.7 Å². The Morgan fingerprint density at radius 1 is 1.20 bits per heavy atom. The summed E-state index contributed by atoms with van der Waals surface area (Å²) in [5.74, 6) is 1.36. The second kappa shape index (κ2) is 8.63. The number of amides is 1. The summed E-state index contributed by atoms with van der Waals surface area (Å²) in [7, 11) is 2.14. The van der Waals surface area contributed by atoms with Gasteiger partial charge in [0.1, 0.15) is 0 Å². The predicted molar refractivity (Wildman–Crippen MR) is 107 cm³/mol. The first-order valence-corrected chi connectivity index (χ1v) is 10.1. The smallest absolute Gasteiger partial charge is 0.230 e. The van der Waals surface area contributed by atoms with E-state index in [-0.39, 0.29) is 5.91 Å². The number of thioether (sulfide) groups is 1. The van der Waals surface area contributed by atoms with Gasteiger partial charge in [-0.25, -0.2) is 0 Å². The molecule has 132 valence electrons. The van der Waals surface area contributed by atoms with Crippen LogP contribution in [0.5, 0.6) is 0 Å². The van der Waals surface area contributed by atoms with Gasteiger partial charge in [0.25, 0.3) is 0 Å². The molecule has 0 atom stereocenters. The Morgan fingerprint density at radius 3 is 2.76 bits per heavy atom. The molecule has 1 aliphatic heterocycles. The van der Waals surface area contributed by atoms with Crippen molar-refractivity contribution in [1.29, 1.82) is 0 Å². The number of fused-ring (bicyclic) bond motifs is 1. The highest BCUT2D eigenvalue weighted by Crippen LogP contribution is 2.26. The molecule has 0 bridgehead atoms. The van der Waals surface area contributed by atoms with E-state index < -0.39 is 0 Å². The largest absolute Gasteiger partial charge is 0.374 e. The van der Waals surface area contributed by atoms with Crippen LogP contribution in [0.3, 0.4) is 0 Å². The number of aryl methyl sites for hydroxylation is 1. The van der Waals surface area contributed by atoms with Crippen molar-refractivity contribution in [2.75, 3.05) is 24.2 Å². The van der Waals surface area contributed by atoms with Gasteiger partial charge in [-0.2, -0.15) is 0 Å². The van der Waals surface area contributed by atoms with Crippen molar-refractivity contribution < 1.29 is 4.79 Å². The zero-order chi connectivity index (χ0) is 17.6. The highest BCUT2D eigenvalue weighted by Gasteiger charge is 2.13. The summed E-state index contributed by atoms with van der Waals surface area (Å²) < 4.78 is 0. The van der Waals surface area contributed by atoms with Crippen LogP contribution >= 0.6 is 23.4 Å². The fourth-order valence-corrected chi connectivity index (χ4v) is 3.99. The molecule has 0 fully saturated rings. The maximum atomic E-state index is 12.0. The van der Waals surface area contributed by atoms with Crippen molar-refractivity contribution in [2.45, 2.75) is 25.1 Å². The quantitative estimate of drug-likeness (QED) is 0.819. The molecule has 1 N–H and O–H groups in total. The van der Waals surface area contributed by atoms with Gasteiger partial charge in [-0.15, -0.1) is 11.8 Å². The molecule has 3 rings (SSSR count). The predicted octanol–water partition coefficient (Wildman–Crippen LogP) is 4.27. The van der Waals surface area contributed by atoms with Gasteiger partial charge in [-0.05, 0) is 47.7 Å². The lowest BCUT2D eigenvalue weighted by Gasteiger charge is -2.27. The van der Waals surface area contributed by atoms with E-state index in [4.69, 9.17) is 11.6 Å². The van der Waals surface area contributed by atoms with E-state index in [1.165, 1.54) is 28.8 Å². The summed E-state index contributed by atoms with van der Waals surface area (Å²) in [6.07, 6.45) is 2.32. The van der Waals surface area contributed by atoms with Crippen molar-refractivity contribution in [3.63, 3.8) is 0 Å². The van der Waals surface area contributed by atoms with Crippen LogP contribution < -0.4 is 10.2 Å². The van der Waals surface area contributed by atoms with Crippen LogP contribution in [0.25, 0.3) is 0 Å². The second-order valence-electron chi connectivity index (χ2n) is 6.38. The van der Waals surface area contributed by atoms with Crippen LogP contribution in [0.4, 0.5) is 5.69 Å². The molecule has 3 nitrogen and oxygen atoms in total. The number of anilines is 1. The normalized spacial score (nSPS) is 13.4. The van der Waals surface area contributed by atoms with Crippen molar-refractivity contribution >= 4 is 35.0 Å². The summed E-state index contributed by atoms with van der Waals surface area (Å²) in [5, 5.41) is 3.76. The molecule has 2 aromatic carbocycles. The molecular formula is C20H23ClN2OS. The monoisotopic (exact) mass is 374 g/mol. The topological polar surface area (TPSA) is 32.3 Å². The van der Waals surface area contributed by atoms with E-state index in [0.29, 0.717) is 12.3 Å². The third-order valence-electron chi connectivity index (χ3n) is 4.40. The summed E-state index contributed by atoms with van der Waals surface area (Å²) in [4.78, 5) is 14.3. The molecule has 0 aromatic heterocycles. The van der Waals surface area contributed by atoms with Crippen molar-refractivity contribution in [3.8, 4) is 0 Å². The minimum atomic E-state index is 0.0776. The Labute approximate surface area is 158 Å². The standard InChI is InChI=1S/C20H23ClN2OS/c1-23-10-2-3-17-11-16(6-9-19(17)23)12-22-20(24)14-25-13-15-4-7-18(21)8-5-15/h4-9,11H,2-3,10,12-14H2,1H3,(H,22,24). The Balaban J connectivity index is 1.43. The molecule has 0 unspecified atom stereocenters. The lowest BCUT2D eigenvalue weighted by Crippen LogP contribution is -2.26. The molecule has 1 aliphatic rings. The van der Waals surface area contributed by atoms with Crippen LogP contribution in [0.15, 0.2) is 42.5 Å². The van der Waals surface area contributed by atoms with Crippen molar-refractivity contribution in [2.24, 2.45) is 0 Å². The molecule has 5 heteroatoms. The molecule has 0 aliphatic carbocycles. The van der Waals surface area contributed by atoms with Crippen molar-refractivity contribution in [1.82, 2.24) is 5.32 Å². The van der Waals surface area contributed by atoms with Crippen LogP contribution in [0.2, 0.25) is 5.02 Å².